The van der Waals surface area contributed by atoms with Gasteiger partial charge < -0.3 is 5.32 Å². The lowest BCUT2D eigenvalue weighted by Crippen LogP contribution is -2.12. The molecule has 1 unspecified atom stereocenters. The third-order valence-electron chi connectivity index (χ3n) is 2.55. The van der Waals surface area contributed by atoms with Gasteiger partial charge in [-0.3, -0.25) is 0 Å². The highest BCUT2D eigenvalue weighted by Gasteiger charge is 2.11. The van der Waals surface area contributed by atoms with Gasteiger partial charge in [-0.1, -0.05) is 11.6 Å². The van der Waals surface area contributed by atoms with Crippen molar-refractivity contribution in [1.82, 2.24) is 0 Å². The summed E-state index contributed by atoms with van der Waals surface area (Å²) in [7, 11) is 0. The average molecular weight is 196 g/mol. The van der Waals surface area contributed by atoms with Crippen LogP contribution in [0, 0.1) is 0 Å². The molecule has 1 heterocycles. The molecule has 1 nitrogen and oxygen atoms in total. The van der Waals surface area contributed by atoms with Gasteiger partial charge >= 0.3 is 0 Å². The topological polar surface area (TPSA) is 12.0 Å². The molecule has 2 heteroatoms. The first kappa shape index (κ1) is 8.89. The third kappa shape index (κ3) is 1.97. The van der Waals surface area contributed by atoms with Crippen LogP contribution in [0.1, 0.15) is 25.3 Å². The van der Waals surface area contributed by atoms with Gasteiger partial charge in [0.05, 0.1) is 0 Å². The molecular weight excluding hydrogens is 182 g/mol. The predicted octanol–water partition coefficient (Wildman–Crippen LogP) is 3.48. The minimum absolute atomic E-state index is 0.586. The molecule has 2 rings (SSSR count). The molecule has 0 radical (unpaired) electrons. The molecule has 1 atom stereocenters. The summed E-state index contributed by atoms with van der Waals surface area (Å²) in [5, 5.41) is 4.33. The van der Waals surface area contributed by atoms with Gasteiger partial charge in [-0.25, -0.2) is 0 Å². The van der Waals surface area contributed by atoms with Crippen molar-refractivity contribution >= 4 is 17.3 Å². The maximum absolute atomic E-state index is 5.94. The van der Waals surface area contributed by atoms with E-state index in [1.54, 1.807) is 0 Å². The first-order chi connectivity index (χ1) is 6.25. The van der Waals surface area contributed by atoms with E-state index in [4.69, 9.17) is 11.6 Å². The summed E-state index contributed by atoms with van der Waals surface area (Å²) in [6.45, 7) is 2.23. The van der Waals surface area contributed by atoms with E-state index in [1.807, 2.05) is 6.07 Å². The van der Waals surface area contributed by atoms with Crippen LogP contribution < -0.4 is 5.32 Å². The molecule has 0 saturated heterocycles. The van der Waals surface area contributed by atoms with Crippen LogP contribution in [0.4, 0.5) is 5.69 Å². The van der Waals surface area contributed by atoms with Crippen molar-refractivity contribution in [2.75, 3.05) is 5.32 Å². The number of aryl methyl sites for hydroxylation is 1. The van der Waals surface area contributed by atoms with Gasteiger partial charge in [-0.2, -0.15) is 0 Å². The molecule has 0 amide bonds. The zero-order valence-electron chi connectivity index (χ0n) is 7.81. The predicted molar refractivity (Wildman–Crippen MR) is 57.5 cm³/mol. The lowest BCUT2D eigenvalue weighted by atomic mass is 10.1. The van der Waals surface area contributed by atoms with Crippen LogP contribution in [0.25, 0.3) is 0 Å². The lowest BCUT2D eigenvalue weighted by molar-refractivity contribution is 0.674. The Bertz CT molecular complexity index is 309. The molecule has 1 N–H and O–H groups in total. The molecule has 1 aliphatic heterocycles. The van der Waals surface area contributed by atoms with Gasteiger partial charge in [0.1, 0.15) is 0 Å². The normalized spacial score (nSPS) is 21.5. The molecule has 0 aromatic heterocycles. The summed E-state index contributed by atoms with van der Waals surface area (Å²) in [6, 6.07) is 6.69. The fourth-order valence-corrected chi connectivity index (χ4v) is 2.04. The van der Waals surface area contributed by atoms with E-state index in [-0.39, 0.29) is 0 Å². The fraction of sp³-hybridized carbons (Fsp3) is 0.455. The molecule has 0 fully saturated rings. The number of anilines is 1. The Morgan fingerprint density at radius 1 is 1.46 bits per heavy atom. The monoisotopic (exact) mass is 195 g/mol. The van der Waals surface area contributed by atoms with E-state index in [0.717, 1.165) is 11.4 Å². The van der Waals surface area contributed by atoms with Crippen LogP contribution in [0.5, 0.6) is 0 Å². The van der Waals surface area contributed by atoms with E-state index in [1.165, 1.54) is 24.1 Å². The Morgan fingerprint density at radius 3 is 3.15 bits per heavy atom. The summed E-state index contributed by atoms with van der Waals surface area (Å²) >= 11 is 5.94. The lowest BCUT2D eigenvalue weighted by Gasteiger charge is -2.12. The zero-order valence-corrected chi connectivity index (χ0v) is 8.56. The Hall–Kier alpha value is -0.690. The standard InChI is InChI=1S/C11H14ClN/c1-8-3-2-4-9-7-10(12)5-6-11(9)13-8/h5-8,13H,2-4H2,1H3. The first-order valence-electron chi connectivity index (χ1n) is 4.80. The van der Waals surface area contributed by atoms with Gasteiger partial charge in [0.2, 0.25) is 0 Å². The molecule has 70 valence electrons. The number of rotatable bonds is 0. The second kappa shape index (κ2) is 3.59. The number of hydrogen-bond donors (Lipinski definition) is 1. The SMILES string of the molecule is CC1CCCc2cc(Cl)ccc2N1. The number of halogens is 1. The highest BCUT2D eigenvalue weighted by Crippen LogP contribution is 2.26. The highest BCUT2D eigenvalue weighted by atomic mass is 35.5. The summed E-state index contributed by atoms with van der Waals surface area (Å²) < 4.78 is 0. The summed E-state index contributed by atoms with van der Waals surface area (Å²) in [5.74, 6) is 0. The van der Waals surface area contributed by atoms with Crippen molar-refractivity contribution in [2.24, 2.45) is 0 Å². The summed E-state index contributed by atoms with van der Waals surface area (Å²) in [6.07, 6.45) is 3.64. The maximum atomic E-state index is 5.94. The molecule has 1 aromatic rings. The van der Waals surface area contributed by atoms with E-state index < -0.39 is 0 Å². The second-order valence-corrected chi connectivity index (χ2v) is 4.18. The van der Waals surface area contributed by atoms with Crippen LogP contribution >= 0.6 is 11.6 Å². The van der Waals surface area contributed by atoms with Crippen LogP contribution in [-0.2, 0) is 6.42 Å². The van der Waals surface area contributed by atoms with Gasteiger partial charge in [-0.15, -0.1) is 0 Å². The number of fused-ring (bicyclic) bond motifs is 1. The molecule has 0 spiro atoms. The molecular formula is C11H14ClN. The zero-order chi connectivity index (χ0) is 9.26. The Balaban J connectivity index is 2.34. The van der Waals surface area contributed by atoms with Crippen LogP contribution in [-0.4, -0.2) is 6.04 Å². The quantitative estimate of drug-likeness (QED) is 0.669. The average Bonchev–Trinajstić information content (AvgIpc) is 2.25. The highest BCUT2D eigenvalue weighted by molar-refractivity contribution is 6.30. The van der Waals surface area contributed by atoms with Crippen molar-refractivity contribution in [1.29, 1.82) is 0 Å². The van der Waals surface area contributed by atoms with Crippen molar-refractivity contribution in [3.63, 3.8) is 0 Å². The van der Waals surface area contributed by atoms with Gasteiger partial charge in [-0.05, 0) is 49.9 Å². The summed E-state index contributed by atoms with van der Waals surface area (Å²) in [4.78, 5) is 0. The van der Waals surface area contributed by atoms with Gasteiger partial charge in [0.25, 0.3) is 0 Å². The first-order valence-corrected chi connectivity index (χ1v) is 5.18. The molecule has 0 saturated carbocycles. The van der Waals surface area contributed by atoms with Crippen molar-refractivity contribution in [2.45, 2.75) is 32.2 Å². The number of benzene rings is 1. The number of hydrogen-bond acceptors (Lipinski definition) is 1. The van der Waals surface area contributed by atoms with Crippen molar-refractivity contribution < 1.29 is 0 Å². The van der Waals surface area contributed by atoms with E-state index in [0.29, 0.717) is 6.04 Å². The Kier molecular flexibility index (Phi) is 2.45. The van der Waals surface area contributed by atoms with Gasteiger partial charge in [0, 0.05) is 16.8 Å². The number of nitrogens with one attached hydrogen (secondary N) is 1. The smallest absolute Gasteiger partial charge is 0.0410 e. The molecule has 1 aliphatic rings. The minimum atomic E-state index is 0.586. The largest absolute Gasteiger partial charge is 0.382 e. The van der Waals surface area contributed by atoms with Crippen LogP contribution in [0.3, 0.4) is 0 Å². The second-order valence-electron chi connectivity index (χ2n) is 3.74. The van der Waals surface area contributed by atoms with Crippen LogP contribution in [0.15, 0.2) is 18.2 Å². The molecule has 1 aromatic carbocycles. The molecule has 13 heavy (non-hydrogen) atoms. The minimum Gasteiger partial charge on any atom is -0.382 e. The molecule has 0 bridgehead atoms. The summed E-state index contributed by atoms with van der Waals surface area (Å²) in [5.41, 5.74) is 2.62. The van der Waals surface area contributed by atoms with Gasteiger partial charge in [0.15, 0.2) is 0 Å². The fourth-order valence-electron chi connectivity index (χ4n) is 1.85. The van der Waals surface area contributed by atoms with Crippen molar-refractivity contribution in [3.8, 4) is 0 Å². The van der Waals surface area contributed by atoms with Crippen LogP contribution in [0.2, 0.25) is 5.02 Å². The van der Waals surface area contributed by atoms with E-state index in [9.17, 15) is 0 Å². The van der Waals surface area contributed by atoms with E-state index in [2.05, 4.69) is 24.4 Å². The van der Waals surface area contributed by atoms with E-state index >= 15 is 0 Å². The van der Waals surface area contributed by atoms with Crippen molar-refractivity contribution in [3.05, 3.63) is 28.8 Å². The Labute approximate surface area is 84.1 Å². The third-order valence-corrected chi connectivity index (χ3v) is 2.79. The Morgan fingerprint density at radius 2 is 2.31 bits per heavy atom. The molecule has 0 aliphatic carbocycles. The maximum Gasteiger partial charge on any atom is 0.0410 e.